The molecule has 1 atom stereocenters. The van der Waals surface area contributed by atoms with Crippen molar-refractivity contribution in [1.29, 1.82) is 0 Å². The summed E-state index contributed by atoms with van der Waals surface area (Å²) in [6.07, 6.45) is 1.01. The number of rotatable bonds is 7. The van der Waals surface area contributed by atoms with Crippen LogP contribution >= 0.6 is 0 Å². The summed E-state index contributed by atoms with van der Waals surface area (Å²) in [5.74, 6) is -0.767. The Morgan fingerprint density at radius 3 is 2.40 bits per heavy atom. The predicted molar refractivity (Wildman–Crippen MR) is 74.6 cm³/mol. The molecule has 0 heterocycles. The van der Waals surface area contributed by atoms with Crippen molar-refractivity contribution in [2.75, 3.05) is 13.1 Å². The first-order valence-corrected chi connectivity index (χ1v) is 6.55. The van der Waals surface area contributed by atoms with E-state index in [1.165, 1.54) is 24.3 Å². The molecule has 0 radical (unpaired) electrons. The third-order valence-corrected chi connectivity index (χ3v) is 2.67. The molecule has 0 spiro atoms. The summed E-state index contributed by atoms with van der Waals surface area (Å²) in [7, 11) is 0. The highest BCUT2D eigenvalue weighted by Crippen LogP contribution is 2.01. The van der Waals surface area contributed by atoms with Gasteiger partial charge in [-0.1, -0.05) is 0 Å². The van der Waals surface area contributed by atoms with Crippen molar-refractivity contribution in [2.45, 2.75) is 25.8 Å². The maximum atomic E-state index is 12.7. The van der Waals surface area contributed by atoms with E-state index in [2.05, 4.69) is 10.6 Å². The molecule has 20 heavy (non-hydrogen) atoms. The Hall–Kier alpha value is -1.95. The Bertz CT molecular complexity index is 446. The molecule has 0 aliphatic heterocycles. The monoisotopic (exact) mass is 281 g/mol. The summed E-state index contributed by atoms with van der Waals surface area (Å²) in [5.41, 5.74) is 5.93. The molecule has 1 rings (SSSR count). The van der Waals surface area contributed by atoms with Crippen LogP contribution in [0.3, 0.4) is 0 Å². The van der Waals surface area contributed by atoms with Crippen LogP contribution in [0.5, 0.6) is 0 Å². The van der Waals surface area contributed by atoms with Gasteiger partial charge in [0.25, 0.3) is 5.91 Å². The molecule has 1 aromatic rings. The number of halogens is 1. The van der Waals surface area contributed by atoms with Gasteiger partial charge in [-0.3, -0.25) is 9.59 Å². The molecule has 0 aliphatic carbocycles. The molecule has 0 aliphatic rings. The average Bonchev–Trinajstić information content (AvgIpc) is 2.42. The van der Waals surface area contributed by atoms with Crippen LogP contribution in [0.25, 0.3) is 0 Å². The van der Waals surface area contributed by atoms with E-state index >= 15 is 0 Å². The number of hydrogen-bond acceptors (Lipinski definition) is 3. The highest BCUT2D eigenvalue weighted by molar-refractivity contribution is 5.94. The van der Waals surface area contributed by atoms with Crippen LogP contribution in [0.1, 0.15) is 30.1 Å². The first-order valence-electron chi connectivity index (χ1n) is 6.55. The number of nitrogens with two attached hydrogens (primary N) is 1. The lowest BCUT2D eigenvalue weighted by molar-refractivity contribution is -0.121. The highest BCUT2D eigenvalue weighted by Gasteiger charge is 2.06. The molecule has 6 heteroatoms. The molecule has 0 saturated carbocycles. The zero-order valence-electron chi connectivity index (χ0n) is 11.5. The van der Waals surface area contributed by atoms with Crippen LogP contribution in [-0.4, -0.2) is 30.9 Å². The van der Waals surface area contributed by atoms with Crippen molar-refractivity contribution in [2.24, 2.45) is 5.73 Å². The Morgan fingerprint density at radius 1 is 1.20 bits per heavy atom. The topological polar surface area (TPSA) is 84.2 Å². The average molecular weight is 281 g/mol. The van der Waals surface area contributed by atoms with Gasteiger partial charge in [-0.05, 0) is 37.6 Å². The van der Waals surface area contributed by atoms with Gasteiger partial charge in [0.15, 0.2) is 0 Å². The number of hydrogen-bond donors (Lipinski definition) is 3. The number of carbonyl (C=O) groups excluding carboxylic acids is 2. The molecule has 4 N–H and O–H groups in total. The number of nitrogens with one attached hydrogen (secondary N) is 2. The zero-order chi connectivity index (χ0) is 15.0. The molecular formula is C14H20FN3O2. The lowest BCUT2D eigenvalue weighted by Gasteiger charge is -2.08. The second-order valence-corrected chi connectivity index (χ2v) is 4.63. The standard InChI is InChI=1S/C14H20FN3O2/c1-10(16)2-7-13(19)17-8-9-18-14(20)11-3-5-12(15)6-4-11/h3-6,10H,2,7-9,16H2,1H3,(H,17,19)(H,18,20). The van der Waals surface area contributed by atoms with Crippen molar-refractivity contribution in [3.05, 3.63) is 35.6 Å². The third-order valence-electron chi connectivity index (χ3n) is 2.67. The van der Waals surface area contributed by atoms with Crippen molar-refractivity contribution >= 4 is 11.8 Å². The van der Waals surface area contributed by atoms with Crippen LogP contribution < -0.4 is 16.4 Å². The predicted octanol–water partition coefficient (Wildman–Crippen LogP) is 0.799. The first-order chi connectivity index (χ1) is 9.49. The van der Waals surface area contributed by atoms with Gasteiger partial charge in [0.2, 0.25) is 5.91 Å². The normalized spacial score (nSPS) is 11.8. The van der Waals surface area contributed by atoms with Gasteiger partial charge in [0.05, 0.1) is 0 Å². The van der Waals surface area contributed by atoms with Gasteiger partial charge in [0, 0.05) is 31.1 Å². The summed E-state index contributed by atoms with van der Waals surface area (Å²) >= 11 is 0. The zero-order valence-corrected chi connectivity index (χ0v) is 11.5. The first kappa shape index (κ1) is 16.1. The van der Waals surface area contributed by atoms with E-state index < -0.39 is 0 Å². The fourth-order valence-electron chi connectivity index (χ4n) is 1.53. The van der Waals surface area contributed by atoms with E-state index in [0.717, 1.165) is 0 Å². The van der Waals surface area contributed by atoms with Crippen molar-refractivity contribution in [1.82, 2.24) is 10.6 Å². The summed E-state index contributed by atoms with van der Waals surface area (Å²) in [6.45, 7) is 2.51. The smallest absolute Gasteiger partial charge is 0.251 e. The fraction of sp³-hybridized carbons (Fsp3) is 0.429. The van der Waals surface area contributed by atoms with Crippen molar-refractivity contribution < 1.29 is 14.0 Å². The minimum absolute atomic E-state index is 0.000992. The lowest BCUT2D eigenvalue weighted by atomic mass is 10.2. The van der Waals surface area contributed by atoms with E-state index in [9.17, 15) is 14.0 Å². The Labute approximate surface area is 117 Å². The third kappa shape index (κ3) is 6.29. The second-order valence-electron chi connectivity index (χ2n) is 4.63. The van der Waals surface area contributed by atoms with Gasteiger partial charge in [-0.2, -0.15) is 0 Å². The highest BCUT2D eigenvalue weighted by atomic mass is 19.1. The molecule has 0 aromatic heterocycles. The van der Waals surface area contributed by atoms with Crippen LogP contribution in [0.2, 0.25) is 0 Å². The molecule has 5 nitrogen and oxygen atoms in total. The molecule has 0 saturated heterocycles. The summed E-state index contributed by atoms with van der Waals surface area (Å²) in [4.78, 5) is 23.0. The van der Waals surface area contributed by atoms with Crippen molar-refractivity contribution in [3.63, 3.8) is 0 Å². The number of carbonyl (C=O) groups is 2. The number of amides is 2. The van der Waals surface area contributed by atoms with Crippen LogP contribution in [-0.2, 0) is 4.79 Å². The second kappa shape index (κ2) is 8.27. The largest absolute Gasteiger partial charge is 0.354 e. The minimum Gasteiger partial charge on any atom is -0.354 e. The van der Waals surface area contributed by atoms with Gasteiger partial charge in [0.1, 0.15) is 5.82 Å². The maximum Gasteiger partial charge on any atom is 0.251 e. The Balaban J connectivity index is 2.19. The van der Waals surface area contributed by atoms with Crippen molar-refractivity contribution in [3.8, 4) is 0 Å². The van der Waals surface area contributed by atoms with E-state index in [-0.39, 0.29) is 23.7 Å². The van der Waals surface area contributed by atoms with E-state index in [4.69, 9.17) is 5.73 Å². The summed E-state index contributed by atoms with van der Waals surface area (Å²) in [6, 6.07) is 5.27. The summed E-state index contributed by atoms with van der Waals surface area (Å²) in [5, 5.41) is 5.32. The quantitative estimate of drug-likeness (QED) is 0.646. The molecular weight excluding hydrogens is 261 g/mol. The van der Waals surface area contributed by atoms with E-state index in [0.29, 0.717) is 31.5 Å². The van der Waals surface area contributed by atoms with Gasteiger partial charge < -0.3 is 16.4 Å². The minimum atomic E-state index is -0.386. The Kier molecular flexibility index (Phi) is 6.66. The van der Waals surface area contributed by atoms with Crippen LogP contribution in [0.4, 0.5) is 4.39 Å². The molecule has 0 fully saturated rings. The summed E-state index contributed by atoms with van der Waals surface area (Å²) < 4.78 is 12.7. The number of benzene rings is 1. The maximum absolute atomic E-state index is 12.7. The molecule has 110 valence electrons. The molecule has 1 aromatic carbocycles. The van der Waals surface area contributed by atoms with Gasteiger partial charge in [-0.25, -0.2) is 4.39 Å². The van der Waals surface area contributed by atoms with Gasteiger partial charge in [-0.15, -0.1) is 0 Å². The lowest BCUT2D eigenvalue weighted by Crippen LogP contribution is -2.35. The van der Waals surface area contributed by atoms with Crippen LogP contribution in [0.15, 0.2) is 24.3 Å². The SMILES string of the molecule is CC(N)CCC(=O)NCCNC(=O)c1ccc(F)cc1. The molecule has 0 bridgehead atoms. The van der Waals surface area contributed by atoms with E-state index in [1.54, 1.807) is 0 Å². The van der Waals surface area contributed by atoms with Crippen LogP contribution in [0, 0.1) is 5.82 Å². The molecule has 1 unspecified atom stereocenters. The fourth-order valence-corrected chi connectivity index (χ4v) is 1.53. The molecule has 2 amide bonds. The Morgan fingerprint density at radius 2 is 1.80 bits per heavy atom. The van der Waals surface area contributed by atoms with Gasteiger partial charge >= 0.3 is 0 Å². The van der Waals surface area contributed by atoms with E-state index in [1.807, 2.05) is 6.92 Å².